The van der Waals surface area contributed by atoms with Gasteiger partial charge in [0.25, 0.3) is 5.69 Å². The van der Waals surface area contributed by atoms with Gasteiger partial charge >= 0.3 is 5.97 Å². The molecule has 0 aliphatic heterocycles. The third-order valence-corrected chi connectivity index (χ3v) is 4.37. The summed E-state index contributed by atoms with van der Waals surface area (Å²) in [6.07, 6.45) is -1.49. The lowest BCUT2D eigenvalue weighted by Gasteiger charge is -2.17. The average molecular weight is 339 g/mol. The Hall–Kier alpha value is -1.75. The first-order valence-electron chi connectivity index (χ1n) is 5.43. The second-order valence-corrected chi connectivity index (χ2v) is 6.14. The Balaban J connectivity index is 3.19. The number of carboxylic acids is 1. The number of carbonyl (C=O) groups is 1. The van der Waals surface area contributed by atoms with Gasteiger partial charge in [0.15, 0.2) is 0 Å². The van der Waals surface area contributed by atoms with E-state index in [1.165, 1.54) is 0 Å². The summed E-state index contributed by atoms with van der Waals surface area (Å²) in [5.41, 5.74) is -0.413. The first-order valence-corrected chi connectivity index (χ1v) is 7.29. The molecule has 11 heteroatoms. The maximum Gasteiger partial charge on any atom is 0.324 e. The van der Waals surface area contributed by atoms with Gasteiger partial charge in [0, 0.05) is 12.1 Å². The molecule has 2 atom stereocenters. The van der Waals surface area contributed by atoms with Crippen molar-refractivity contribution >= 4 is 33.3 Å². The summed E-state index contributed by atoms with van der Waals surface area (Å²) in [5.74, 6) is -1.58. The fourth-order valence-electron chi connectivity index (χ4n) is 1.41. The third kappa shape index (κ3) is 4.11. The highest BCUT2D eigenvalue weighted by molar-refractivity contribution is 7.89. The molecular weight excluding hydrogens is 328 g/mol. The van der Waals surface area contributed by atoms with Gasteiger partial charge in [0.2, 0.25) is 10.0 Å². The molecular formula is C10H11ClN2O7S. The number of aliphatic hydroxyl groups is 1. The van der Waals surface area contributed by atoms with Crippen LogP contribution in [0.5, 0.6) is 0 Å². The lowest BCUT2D eigenvalue weighted by atomic mass is 10.2. The van der Waals surface area contributed by atoms with Gasteiger partial charge < -0.3 is 10.2 Å². The summed E-state index contributed by atoms with van der Waals surface area (Å²) in [6.45, 7) is 1.10. The molecule has 0 bridgehead atoms. The van der Waals surface area contributed by atoms with E-state index in [1.807, 2.05) is 0 Å². The maximum atomic E-state index is 12.0. The predicted octanol–water partition coefficient (Wildman–Crippen LogP) is 0.360. The van der Waals surface area contributed by atoms with Gasteiger partial charge in [-0.3, -0.25) is 14.9 Å². The van der Waals surface area contributed by atoms with Gasteiger partial charge in [-0.2, -0.15) is 4.72 Å². The van der Waals surface area contributed by atoms with Crippen molar-refractivity contribution in [3.05, 3.63) is 33.3 Å². The van der Waals surface area contributed by atoms with Crippen LogP contribution in [0.15, 0.2) is 23.1 Å². The molecule has 0 aromatic heterocycles. The van der Waals surface area contributed by atoms with Crippen molar-refractivity contribution in [3.63, 3.8) is 0 Å². The smallest absolute Gasteiger partial charge is 0.324 e. The number of nitro groups is 1. The topological polar surface area (TPSA) is 147 Å². The zero-order valence-electron chi connectivity index (χ0n) is 10.6. The number of halogens is 1. The van der Waals surface area contributed by atoms with E-state index in [4.69, 9.17) is 16.7 Å². The third-order valence-electron chi connectivity index (χ3n) is 2.45. The first-order chi connectivity index (χ1) is 9.56. The largest absolute Gasteiger partial charge is 0.480 e. The van der Waals surface area contributed by atoms with Gasteiger partial charge in [-0.15, -0.1) is 0 Å². The van der Waals surface area contributed by atoms with E-state index in [0.29, 0.717) is 0 Å². The van der Waals surface area contributed by atoms with Crippen molar-refractivity contribution in [2.24, 2.45) is 0 Å². The van der Waals surface area contributed by atoms with Crippen LogP contribution in [-0.4, -0.2) is 41.7 Å². The minimum atomic E-state index is -4.37. The molecule has 116 valence electrons. The lowest BCUT2D eigenvalue weighted by Crippen LogP contribution is -2.47. The Morgan fingerprint density at radius 1 is 1.48 bits per heavy atom. The molecule has 0 saturated heterocycles. The molecule has 0 fully saturated rings. The molecule has 0 saturated carbocycles. The number of benzene rings is 1. The number of aliphatic hydroxyl groups excluding tert-OH is 1. The van der Waals surface area contributed by atoms with E-state index in [9.17, 15) is 28.4 Å². The predicted molar refractivity (Wildman–Crippen MR) is 71.5 cm³/mol. The van der Waals surface area contributed by atoms with Crippen LogP contribution in [0.1, 0.15) is 6.92 Å². The number of sulfonamides is 1. The number of aliphatic carboxylic acids is 1. The first kappa shape index (κ1) is 17.3. The minimum Gasteiger partial charge on any atom is -0.480 e. The molecule has 0 unspecified atom stereocenters. The number of nitro benzene ring substituents is 1. The number of non-ortho nitro benzene ring substituents is 1. The van der Waals surface area contributed by atoms with Crippen LogP contribution in [0, 0.1) is 10.1 Å². The molecule has 0 aliphatic carbocycles. The van der Waals surface area contributed by atoms with Gasteiger partial charge in [0.05, 0.1) is 16.0 Å². The van der Waals surface area contributed by atoms with Crippen molar-refractivity contribution in [3.8, 4) is 0 Å². The second-order valence-electron chi connectivity index (χ2n) is 4.05. The molecule has 1 rings (SSSR count). The molecule has 3 N–H and O–H groups in total. The Labute approximate surface area is 124 Å². The van der Waals surface area contributed by atoms with E-state index in [0.717, 1.165) is 25.1 Å². The summed E-state index contributed by atoms with van der Waals surface area (Å²) in [4.78, 5) is 20.1. The fourth-order valence-corrected chi connectivity index (χ4v) is 3.21. The molecule has 9 nitrogen and oxygen atoms in total. The number of hydrogen-bond acceptors (Lipinski definition) is 6. The summed E-state index contributed by atoms with van der Waals surface area (Å²) in [7, 11) is -4.37. The average Bonchev–Trinajstić information content (AvgIpc) is 2.34. The highest BCUT2D eigenvalue weighted by Gasteiger charge is 2.30. The number of nitrogens with one attached hydrogen (secondary N) is 1. The Morgan fingerprint density at radius 2 is 2.05 bits per heavy atom. The van der Waals surface area contributed by atoms with Gasteiger partial charge in [-0.25, -0.2) is 8.42 Å². The van der Waals surface area contributed by atoms with Gasteiger partial charge in [-0.1, -0.05) is 11.6 Å². The second kappa shape index (κ2) is 6.35. The molecule has 1 aromatic carbocycles. The highest BCUT2D eigenvalue weighted by atomic mass is 35.5. The maximum absolute atomic E-state index is 12.0. The SMILES string of the molecule is C[C@@H](O)[C@H](NS(=O)(=O)c1ccc([N+](=O)[O-])cc1Cl)C(=O)O. The fraction of sp³-hybridized carbons (Fsp3) is 0.300. The number of nitrogens with zero attached hydrogens (tertiary/aromatic N) is 1. The zero-order chi connectivity index (χ0) is 16.4. The van der Waals surface area contributed by atoms with Crippen LogP contribution in [-0.2, 0) is 14.8 Å². The van der Waals surface area contributed by atoms with Crippen LogP contribution >= 0.6 is 11.6 Å². The Morgan fingerprint density at radius 3 is 2.43 bits per heavy atom. The van der Waals surface area contributed by atoms with Gasteiger partial charge in [-0.05, 0) is 13.0 Å². The van der Waals surface area contributed by atoms with Crippen LogP contribution in [0.4, 0.5) is 5.69 Å². The van der Waals surface area contributed by atoms with E-state index in [1.54, 1.807) is 4.72 Å². The number of carboxylic acid groups (broad SMARTS) is 1. The van der Waals surface area contributed by atoms with Crippen molar-refractivity contribution in [2.45, 2.75) is 24.0 Å². The Kier molecular flexibility index (Phi) is 5.23. The molecule has 21 heavy (non-hydrogen) atoms. The highest BCUT2D eigenvalue weighted by Crippen LogP contribution is 2.26. The monoisotopic (exact) mass is 338 g/mol. The van der Waals surface area contributed by atoms with Crippen molar-refractivity contribution in [1.29, 1.82) is 0 Å². The number of hydrogen-bond donors (Lipinski definition) is 3. The molecule has 0 spiro atoms. The molecule has 0 radical (unpaired) electrons. The molecule has 1 aromatic rings. The number of rotatable bonds is 6. The van der Waals surface area contributed by atoms with Crippen molar-refractivity contribution < 1.29 is 28.3 Å². The van der Waals surface area contributed by atoms with Crippen LogP contribution in [0.3, 0.4) is 0 Å². The summed E-state index contributed by atoms with van der Waals surface area (Å²) < 4.78 is 25.8. The van der Waals surface area contributed by atoms with Gasteiger partial charge in [0.1, 0.15) is 10.9 Å². The van der Waals surface area contributed by atoms with Crippen molar-refractivity contribution in [2.75, 3.05) is 0 Å². The summed E-state index contributed by atoms with van der Waals surface area (Å²) >= 11 is 5.67. The van der Waals surface area contributed by atoms with Crippen molar-refractivity contribution in [1.82, 2.24) is 4.72 Å². The van der Waals surface area contributed by atoms with E-state index >= 15 is 0 Å². The molecule has 0 heterocycles. The summed E-state index contributed by atoms with van der Waals surface area (Å²) in [5, 5.41) is 28.2. The van der Waals surface area contributed by atoms with Crippen LogP contribution < -0.4 is 4.72 Å². The van der Waals surface area contributed by atoms with Crippen LogP contribution in [0.25, 0.3) is 0 Å². The standard InChI is InChI=1S/C10H11ClN2O7S/c1-5(14)9(10(15)16)12-21(19,20)8-3-2-6(13(17)18)4-7(8)11/h2-5,9,12,14H,1H3,(H,15,16)/t5-,9+/m1/s1. The van der Waals surface area contributed by atoms with E-state index < -0.39 is 48.7 Å². The minimum absolute atomic E-state index is 0.413. The van der Waals surface area contributed by atoms with E-state index in [2.05, 4.69) is 0 Å². The quantitative estimate of drug-likeness (QED) is 0.501. The van der Waals surface area contributed by atoms with E-state index in [-0.39, 0.29) is 0 Å². The lowest BCUT2D eigenvalue weighted by molar-refractivity contribution is -0.384. The zero-order valence-corrected chi connectivity index (χ0v) is 12.1. The summed E-state index contributed by atoms with van der Waals surface area (Å²) in [6, 6.07) is 0.845. The van der Waals surface area contributed by atoms with Crippen LogP contribution in [0.2, 0.25) is 5.02 Å². The Bertz CT molecular complexity index is 674. The molecule has 0 aliphatic rings. The molecule has 0 amide bonds. The normalized spacial score (nSPS) is 14.4.